The monoisotopic (exact) mass is 486 g/mol. The number of halogens is 4. The highest BCUT2D eigenvalue weighted by Gasteiger charge is 2.30. The zero-order valence-electron chi connectivity index (χ0n) is 14.8. The number of benzene rings is 1. The van der Waals surface area contributed by atoms with E-state index in [2.05, 4.69) is 27.0 Å². The molecule has 1 heterocycles. The van der Waals surface area contributed by atoms with Crippen molar-refractivity contribution in [2.45, 2.75) is 32.2 Å². The van der Waals surface area contributed by atoms with Gasteiger partial charge in [0.1, 0.15) is 5.75 Å². The number of likely N-dealkylation sites (tertiary alicyclic amines) is 1. The number of nitrogens with two attached hydrogens (primary N) is 1. The van der Waals surface area contributed by atoms with E-state index >= 15 is 0 Å². The van der Waals surface area contributed by atoms with Crippen LogP contribution in [0.5, 0.6) is 5.75 Å². The van der Waals surface area contributed by atoms with Gasteiger partial charge in [-0.2, -0.15) is 0 Å². The zero-order valence-corrected chi connectivity index (χ0v) is 17.1. The number of aliphatic imine (C=N–C) groups is 1. The van der Waals surface area contributed by atoms with Gasteiger partial charge >= 0.3 is 6.36 Å². The maximum atomic E-state index is 12.1. The number of nitrogens with zero attached hydrogens (tertiary/aromatic N) is 2. The average molecular weight is 486 g/mol. The molecule has 26 heavy (non-hydrogen) atoms. The minimum Gasteiger partial charge on any atom is -0.406 e. The Labute approximate surface area is 169 Å². The highest BCUT2D eigenvalue weighted by atomic mass is 127. The van der Waals surface area contributed by atoms with E-state index in [1.807, 2.05) is 0 Å². The van der Waals surface area contributed by atoms with E-state index in [9.17, 15) is 13.2 Å². The van der Waals surface area contributed by atoms with Crippen molar-refractivity contribution in [3.63, 3.8) is 0 Å². The summed E-state index contributed by atoms with van der Waals surface area (Å²) in [4.78, 5) is 6.54. The summed E-state index contributed by atoms with van der Waals surface area (Å²) in [5.41, 5.74) is 6.59. The molecular formula is C17H26F3IN4O. The third-order valence-corrected chi connectivity index (χ3v) is 4.29. The number of rotatable bonds is 6. The molecule has 0 aliphatic carbocycles. The van der Waals surface area contributed by atoms with Gasteiger partial charge in [-0.25, -0.2) is 4.99 Å². The molecule has 1 aliphatic heterocycles. The second-order valence-corrected chi connectivity index (χ2v) is 6.36. The molecule has 148 valence electrons. The maximum Gasteiger partial charge on any atom is 0.573 e. The van der Waals surface area contributed by atoms with E-state index in [1.165, 1.54) is 37.1 Å². The van der Waals surface area contributed by atoms with Crippen molar-refractivity contribution in [1.82, 2.24) is 10.2 Å². The molecule has 2 rings (SSSR count). The Bertz CT molecular complexity index is 558. The normalized spacial score (nSPS) is 16.8. The number of guanidine groups is 1. The van der Waals surface area contributed by atoms with E-state index in [-0.39, 0.29) is 29.7 Å². The van der Waals surface area contributed by atoms with E-state index in [0.29, 0.717) is 12.5 Å². The van der Waals surface area contributed by atoms with Gasteiger partial charge in [-0.15, -0.1) is 37.1 Å². The fourth-order valence-electron chi connectivity index (χ4n) is 2.78. The molecule has 0 aromatic heterocycles. The van der Waals surface area contributed by atoms with Gasteiger partial charge in [0.05, 0.1) is 6.54 Å². The first-order valence-electron chi connectivity index (χ1n) is 8.39. The van der Waals surface area contributed by atoms with Crippen LogP contribution in [0.25, 0.3) is 0 Å². The van der Waals surface area contributed by atoms with E-state index in [1.54, 1.807) is 0 Å². The first-order chi connectivity index (χ1) is 11.8. The lowest BCUT2D eigenvalue weighted by molar-refractivity contribution is -0.274. The van der Waals surface area contributed by atoms with Gasteiger partial charge in [-0.1, -0.05) is 12.1 Å². The first-order valence-corrected chi connectivity index (χ1v) is 8.39. The van der Waals surface area contributed by atoms with Crippen molar-refractivity contribution in [2.75, 3.05) is 26.7 Å². The Morgan fingerprint density at radius 1 is 1.27 bits per heavy atom. The quantitative estimate of drug-likeness (QED) is 0.368. The summed E-state index contributed by atoms with van der Waals surface area (Å²) in [5, 5.41) is 3.09. The molecule has 0 unspecified atom stereocenters. The zero-order chi connectivity index (χ0) is 18.3. The lowest BCUT2D eigenvalue weighted by atomic mass is 9.94. The third-order valence-electron chi connectivity index (χ3n) is 4.29. The SMILES string of the molecule is CN1CCC(CCNC(N)=NCc2ccc(OC(F)(F)F)cc2)CC1.I. The first kappa shape index (κ1) is 22.8. The largest absolute Gasteiger partial charge is 0.573 e. The van der Waals surface area contributed by atoms with Gasteiger partial charge in [0.2, 0.25) is 0 Å². The van der Waals surface area contributed by atoms with E-state index in [4.69, 9.17) is 5.73 Å². The fourth-order valence-corrected chi connectivity index (χ4v) is 2.78. The molecule has 3 N–H and O–H groups in total. The molecule has 0 spiro atoms. The van der Waals surface area contributed by atoms with Crippen LogP contribution in [0.1, 0.15) is 24.8 Å². The maximum absolute atomic E-state index is 12.1. The summed E-state index contributed by atoms with van der Waals surface area (Å²) >= 11 is 0. The van der Waals surface area contributed by atoms with Crippen molar-refractivity contribution in [2.24, 2.45) is 16.6 Å². The molecule has 0 saturated carbocycles. The van der Waals surface area contributed by atoms with Crippen LogP contribution >= 0.6 is 24.0 Å². The summed E-state index contributed by atoms with van der Waals surface area (Å²) < 4.78 is 40.1. The van der Waals surface area contributed by atoms with E-state index < -0.39 is 6.36 Å². The van der Waals surface area contributed by atoms with Crippen LogP contribution < -0.4 is 15.8 Å². The number of ether oxygens (including phenoxy) is 1. The summed E-state index contributed by atoms with van der Waals surface area (Å²) in [7, 11) is 2.14. The van der Waals surface area contributed by atoms with Crippen molar-refractivity contribution in [3.8, 4) is 5.75 Å². The molecule has 1 fully saturated rings. The molecule has 5 nitrogen and oxygen atoms in total. The molecular weight excluding hydrogens is 460 g/mol. The minimum atomic E-state index is -4.68. The van der Waals surface area contributed by atoms with Crippen molar-refractivity contribution in [3.05, 3.63) is 29.8 Å². The van der Waals surface area contributed by atoms with Crippen LogP contribution in [-0.4, -0.2) is 43.9 Å². The molecule has 1 aromatic carbocycles. The average Bonchev–Trinajstić information content (AvgIpc) is 2.55. The standard InChI is InChI=1S/C17H25F3N4O.HI/c1-24-10-7-13(8-11-24)6-9-22-16(21)23-12-14-2-4-15(5-3-14)25-17(18,19)20;/h2-5,13H,6-12H2,1H3,(H3,21,22,23);1H. The number of piperidine rings is 1. The second kappa shape index (κ2) is 10.8. The van der Waals surface area contributed by atoms with Gasteiger partial charge in [-0.05, 0) is 63.0 Å². The topological polar surface area (TPSA) is 62.9 Å². The number of hydrogen-bond acceptors (Lipinski definition) is 3. The molecule has 1 aliphatic rings. The molecule has 1 saturated heterocycles. The molecule has 0 radical (unpaired) electrons. The van der Waals surface area contributed by atoms with Crippen LogP contribution in [-0.2, 0) is 6.54 Å². The lowest BCUT2D eigenvalue weighted by Gasteiger charge is -2.28. The highest BCUT2D eigenvalue weighted by molar-refractivity contribution is 14.0. The highest BCUT2D eigenvalue weighted by Crippen LogP contribution is 2.23. The van der Waals surface area contributed by atoms with Crippen LogP contribution in [0.4, 0.5) is 13.2 Å². The summed E-state index contributed by atoms with van der Waals surface area (Å²) in [6.45, 7) is 3.37. The predicted octanol–water partition coefficient (Wildman–Crippen LogP) is 3.34. The van der Waals surface area contributed by atoms with Gasteiger partial charge in [0.25, 0.3) is 0 Å². The minimum absolute atomic E-state index is 0. The van der Waals surface area contributed by atoms with E-state index in [0.717, 1.165) is 37.5 Å². The van der Waals surface area contributed by atoms with Gasteiger partial charge < -0.3 is 20.7 Å². The molecule has 9 heteroatoms. The number of hydrogen-bond donors (Lipinski definition) is 2. The van der Waals surface area contributed by atoms with Crippen molar-refractivity contribution >= 4 is 29.9 Å². The summed E-state index contributed by atoms with van der Waals surface area (Å²) in [6, 6.07) is 5.61. The van der Waals surface area contributed by atoms with Gasteiger partial charge in [0.15, 0.2) is 5.96 Å². The van der Waals surface area contributed by atoms with Crippen LogP contribution in [0.2, 0.25) is 0 Å². The molecule has 1 aromatic rings. The predicted molar refractivity (Wildman–Crippen MR) is 107 cm³/mol. The van der Waals surface area contributed by atoms with Gasteiger partial charge in [0, 0.05) is 6.54 Å². The smallest absolute Gasteiger partial charge is 0.406 e. The summed E-state index contributed by atoms with van der Waals surface area (Å²) in [5.74, 6) is 0.825. The Kier molecular flexibility index (Phi) is 9.48. The van der Waals surface area contributed by atoms with Crippen molar-refractivity contribution < 1.29 is 17.9 Å². The van der Waals surface area contributed by atoms with Gasteiger partial charge in [-0.3, -0.25) is 0 Å². The van der Waals surface area contributed by atoms with Crippen LogP contribution in [0, 0.1) is 5.92 Å². The van der Waals surface area contributed by atoms with Crippen LogP contribution in [0.15, 0.2) is 29.3 Å². The van der Waals surface area contributed by atoms with Crippen molar-refractivity contribution in [1.29, 1.82) is 0 Å². The number of nitrogens with one attached hydrogen (secondary N) is 1. The molecule has 0 bridgehead atoms. The fraction of sp³-hybridized carbons (Fsp3) is 0.588. The Balaban J connectivity index is 0.00000338. The lowest BCUT2D eigenvalue weighted by Crippen LogP contribution is -2.35. The number of alkyl halides is 3. The molecule has 0 atom stereocenters. The van der Waals surface area contributed by atoms with Crippen LogP contribution in [0.3, 0.4) is 0 Å². The Hall–Kier alpha value is -1.23. The third kappa shape index (κ3) is 8.93. The summed E-state index contributed by atoms with van der Waals surface area (Å²) in [6.07, 6.45) is -1.20. The Morgan fingerprint density at radius 2 is 1.88 bits per heavy atom. The Morgan fingerprint density at radius 3 is 2.46 bits per heavy atom. The second-order valence-electron chi connectivity index (χ2n) is 6.36. The molecule has 0 amide bonds.